The van der Waals surface area contributed by atoms with Crippen LogP contribution in [0.3, 0.4) is 0 Å². The Morgan fingerprint density at radius 1 is 0.650 bits per heavy atom. The van der Waals surface area contributed by atoms with Crippen LogP contribution in [0, 0.1) is 0 Å². The lowest BCUT2D eigenvalue weighted by atomic mass is 10.2. The highest BCUT2D eigenvalue weighted by molar-refractivity contribution is 5.48. The third-order valence-electron chi connectivity index (χ3n) is 2.89. The van der Waals surface area contributed by atoms with Gasteiger partial charge in [-0.1, -0.05) is 85.5 Å². The molecule has 0 saturated heterocycles. The summed E-state index contributed by atoms with van der Waals surface area (Å²) in [6.45, 7) is 9.12. The molecule has 0 radical (unpaired) electrons. The maximum Gasteiger partial charge on any atom is 0.119 e. The quantitative estimate of drug-likeness (QED) is 0.379. The molecule has 0 aliphatic heterocycles. The van der Waals surface area contributed by atoms with Gasteiger partial charge in [0.15, 0.2) is 0 Å². The summed E-state index contributed by atoms with van der Waals surface area (Å²) in [6, 6.07) is 0. The smallest absolute Gasteiger partial charge is 0.119 e. The van der Waals surface area contributed by atoms with Crippen LogP contribution in [0.1, 0.15) is 105 Å². The van der Waals surface area contributed by atoms with Crippen LogP contribution < -0.4 is 0 Å². The minimum Gasteiger partial charge on any atom is -0.396 e. The molecule has 2 nitrogen and oxygen atoms in total. The number of aliphatic hydroxyl groups excluding tert-OH is 1. The van der Waals surface area contributed by atoms with Gasteiger partial charge in [0.2, 0.25) is 0 Å². The molecule has 0 aliphatic rings. The van der Waals surface area contributed by atoms with E-state index in [1.54, 1.807) is 0 Å². The molecule has 0 unspecified atom stereocenters. The Morgan fingerprint density at radius 2 is 1.05 bits per heavy atom. The minimum atomic E-state index is 0.361. The van der Waals surface area contributed by atoms with Crippen LogP contribution in [0.15, 0.2) is 0 Å². The first kappa shape index (κ1) is 24.6. The molecule has 0 aromatic heterocycles. The SMILES string of the molecule is CCCCCC.CCCCCC=O.CCCCCCO. The molecule has 0 rings (SSSR count). The minimum absolute atomic E-state index is 0.361. The zero-order chi connectivity index (χ0) is 15.9. The van der Waals surface area contributed by atoms with E-state index < -0.39 is 0 Å². The predicted molar refractivity (Wildman–Crippen MR) is 91.2 cm³/mol. The highest BCUT2D eigenvalue weighted by Gasteiger charge is 1.81. The number of rotatable bonds is 11. The number of aldehydes is 1. The molecule has 0 atom stereocenters. The maximum absolute atomic E-state index is 9.68. The van der Waals surface area contributed by atoms with Gasteiger partial charge in [-0.15, -0.1) is 0 Å². The average molecular weight is 289 g/mol. The Morgan fingerprint density at radius 3 is 1.40 bits per heavy atom. The van der Waals surface area contributed by atoms with Gasteiger partial charge < -0.3 is 9.90 Å². The topological polar surface area (TPSA) is 37.3 Å². The van der Waals surface area contributed by atoms with Gasteiger partial charge in [-0.3, -0.25) is 0 Å². The molecule has 0 heterocycles. The highest BCUT2D eigenvalue weighted by Crippen LogP contribution is 1.96. The molecule has 0 fully saturated rings. The van der Waals surface area contributed by atoms with Crippen molar-refractivity contribution in [3.63, 3.8) is 0 Å². The Balaban J connectivity index is -0.000000218. The number of unbranched alkanes of at least 4 members (excludes halogenated alkanes) is 9. The standard InChI is InChI=1S/C6H14O.C6H12O.C6H14/c2*1-2-3-4-5-6-7;1-3-5-6-4-2/h7H,2-6H2,1H3;6H,2-5H2,1H3;3-6H2,1-2H3. The van der Waals surface area contributed by atoms with Crippen LogP contribution in [0.5, 0.6) is 0 Å². The number of hydrogen-bond donors (Lipinski definition) is 1. The van der Waals surface area contributed by atoms with Crippen molar-refractivity contribution in [2.24, 2.45) is 0 Å². The summed E-state index contributed by atoms with van der Waals surface area (Å²) in [7, 11) is 0. The van der Waals surface area contributed by atoms with E-state index >= 15 is 0 Å². The van der Waals surface area contributed by atoms with Crippen LogP contribution in [0.2, 0.25) is 0 Å². The van der Waals surface area contributed by atoms with Gasteiger partial charge in [0, 0.05) is 13.0 Å². The van der Waals surface area contributed by atoms with E-state index in [0.29, 0.717) is 6.61 Å². The van der Waals surface area contributed by atoms with Crippen molar-refractivity contribution in [2.45, 2.75) is 105 Å². The van der Waals surface area contributed by atoms with E-state index in [2.05, 4.69) is 27.7 Å². The Bertz CT molecular complexity index is 127. The lowest BCUT2D eigenvalue weighted by Crippen LogP contribution is -1.80. The van der Waals surface area contributed by atoms with Gasteiger partial charge in [-0.25, -0.2) is 0 Å². The Hall–Kier alpha value is -0.370. The molecule has 0 amide bonds. The van der Waals surface area contributed by atoms with E-state index in [4.69, 9.17) is 5.11 Å². The molecule has 124 valence electrons. The van der Waals surface area contributed by atoms with Crippen LogP contribution in [-0.2, 0) is 4.79 Å². The maximum atomic E-state index is 9.68. The summed E-state index contributed by atoms with van der Waals surface area (Å²) >= 11 is 0. The molecule has 0 aromatic carbocycles. The first-order valence-electron chi connectivity index (χ1n) is 8.79. The molecule has 0 saturated carbocycles. The molecular weight excluding hydrogens is 248 g/mol. The van der Waals surface area contributed by atoms with Crippen molar-refractivity contribution < 1.29 is 9.90 Å². The Labute approximate surface area is 128 Å². The number of carbonyl (C=O) groups excluding carboxylic acids is 1. The molecule has 0 bridgehead atoms. The van der Waals surface area contributed by atoms with Crippen molar-refractivity contribution in [3.8, 4) is 0 Å². The second kappa shape index (κ2) is 31.2. The van der Waals surface area contributed by atoms with Gasteiger partial charge in [-0.05, 0) is 12.8 Å². The van der Waals surface area contributed by atoms with Crippen LogP contribution >= 0.6 is 0 Å². The van der Waals surface area contributed by atoms with E-state index in [1.807, 2.05) is 0 Å². The molecule has 0 aliphatic carbocycles. The van der Waals surface area contributed by atoms with Crippen LogP contribution in [0.4, 0.5) is 0 Å². The van der Waals surface area contributed by atoms with Gasteiger partial charge in [-0.2, -0.15) is 0 Å². The first-order chi connectivity index (χ1) is 9.74. The first-order valence-corrected chi connectivity index (χ1v) is 8.79. The van der Waals surface area contributed by atoms with Crippen molar-refractivity contribution in [3.05, 3.63) is 0 Å². The van der Waals surface area contributed by atoms with E-state index in [0.717, 1.165) is 25.5 Å². The fourth-order valence-electron chi connectivity index (χ4n) is 1.52. The average Bonchev–Trinajstić information content (AvgIpc) is 2.48. The third kappa shape index (κ3) is 43.1. The summed E-state index contributed by atoms with van der Waals surface area (Å²) < 4.78 is 0. The summed E-state index contributed by atoms with van der Waals surface area (Å²) in [6.07, 6.45) is 15.4. The molecular formula is C18H40O2. The number of carbonyl (C=O) groups is 1. The predicted octanol–water partition coefficient (Wildman–Crippen LogP) is 5.91. The summed E-state index contributed by atoms with van der Waals surface area (Å²) in [5.41, 5.74) is 0. The van der Waals surface area contributed by atoms with Gasteiger partial charge in [0.05, 0.1) is 0 Å². The number of aliphatic hydroxyl groups is 1. The van der Waals surface area contributed by atoms with E-state index in [9.17, 15) is 4.79 Å². The Kier molecular flexibility index (Phi) is 38.4. The van der Waals surface area contributed by atoms with Crippen LogP contribution in [0.25, 0.3) is 0 Å². The molecule has 0 aromatic rings. The van der Waals surface area contributed by atoms with Crippen molar-refractivity contribution in [2.75, 3.05) is 6.61 Å². The molecule has 0 spiro atoms. The van der Waals surface area contributed by atoms with E-state index in [-0.39, 0.29) is 0 Å². The van der Waals surface area contributed by atoms with Gasteiger partial charge in [0.1, 0.15) is 6.29 Å². The highest BCUT2D eigenvalue weighted by atomic mass is 16.2. The van der Waals surface area contributed by atoms with Crippen molar-refractivity contribution >= 4 is 6.29 Å². The lowest BCUT2D eigenvalue weighted by molar-refractivity contribution is -0.107. The van der Waals surface area contributed by atoms with Gasteiger partial charge >= 0.3 is 0 Å². The monoisotopic (exact) mass is 288 g/mol. The second-order valence-electron chi connectivity index (χ2n) is 5.15. The van der Waals surface area contributed by atoms with Crippen molar-refractivity contribution in [1.82, 2.24) is 0 Å². The third-order valence-corrected chi connectivity index (χ3v) is 2.89. The molecule has 1 N–H and O–H groups in total. The number of hydrogen-bond acceptors (Lipinski definition) is 2. The molecule has 2 heteroatoms. The van der Waals surface area contributed by atoms with E-state index in [1.165, 1.54) is 57.8 Å². The lowest BCUT2D eigenvalue weighted by Gasteiger charge is -1.90. The summed E-state index contributed by atoms with van der Waals surface area (Å²) in [5, 5.41) is 8.29. The zero-order valence-electron chi connectivity index (χ0n) is 14.6. The van der Waals surface area contributed by atoms with Crippen LogP contribution in [-0.4, -0.2) is 18.0 Å². The van der Waals surface area contributed by atoms with Gasteiger partial charge in [0.25, 0.3) is 0 Å². The normalized spacial score (nSPS) is 9.05. The largest absolute Gasteiger partial charge is 0.396 e. The molecule has 20 heavy (non-hydrogen) atoms. The van der Waals surface area contributed by atoms with Crippen molar-refractivity contribution in [1.29, 1.82) is 0 Å². The fourth-order valence-corrected chi connectivity index (χ4v) is 1.52. The summed E-state index contributed by atoms with van der Waals surface area (Å²) in [4.78, 5) is 9.68. The second-order valence-corrected chi connectivity index (χ2v) is 5.15. The fraction of sp³-hybridized carbons (Fsp3) is 0.944. The summed E-state index contributed by atoms with van der Waals surface area (Å²) in [5.74, 6) is 0. The zero-order valence-corrected chi connectivity index (χ0v) is 14.6.